The molecule has 1 aliphatic heterocycles. The number of nitrogens with one attached hydrogen (secondary N) is 1. The number of benzene rings is 2. The van der Waals surface area contributed by atoms with Crippen LogP contribution < -0.4 is 15.0 Å². The van der Waals surface area contributed by atoms with Gasteiger partial charge in [-0.05, 0) is 61.7 Å². The molecule has 0 aliphatic carbocycles. The normalized spacial score (nSPS) is 17.1. The van der Waals surface area contributed by atoms with Crippen LogP contribution in [0.25, 0.3) is 10.2 Å². The van der Waals surface area contributed by atoms with Gasteiger partial charge in [-0.2, -0.15) is 0 Å². The first kappa shape index (κ1) is 17.8. The number of ether oxygens (including phenoxy) is 1. The number of amides is 1. The molecule has 1 saturated heterocycles. The van der Waals surface area contributed by atoms with Crippen LogP contribution >= 0.6 is 11.3 Å². The minimum Gasteiger partial charge on any atom is -0.497 e. The predicted molar refractivity (Wildman–Crippen MR) is 111 cm³/mol. The molecule has 1 amide bonds. The van der Waals surface area contributed by atoms with Gasteiger partial charge in [0.15, 0.2) is 5.13 Å². The van der Waals surface area contributed by atoms with E-state index in [1.807, 2.05) is 24.3 Å². The van der Waals surface area contributed by atoms with E-state index in [4.69, 9.17) is 9.72 Å². The molecule has 1 fully saturated rings. The Morgan fingerprint density at radius 1 is 1.26 bits per heavy atom. The largest absolute Gasteiger partial charge is 0.497 e. The number of anilines is 2. The highest BCUT2D eigenvalue weighted by Crippen LogP contribution is 2.32. The fourth-order valence-electron chi connectivity index (χ4n) is 3.44. The van der Waals surface area contributed by atoms with Gasteiger partial charge in [0.25, 0.3) is 0 Å². The molecule has 0 radical (unpaired) electrons. The summed E-state index contributed by atoms with van der Waals surface area (Å²) >= 11 is 1.71. The van der Waals surface area contributed by atoms with E-state index in [1.165, 1.54) is 10.3 Å². The van der Waals surface area contributed by atoms with Crippen molar-refractivity contribution in [1.82, 2.24) is 4.98 Å². The Bertz CT molecular complexity index is 952. The molecular formula is C21H23N3O2S. The van der Waals surface area contributed by atoms with Crippen LogP contribution in [0.5, 0.6) is 5.75 Å². The minimum atomic E-state index is -0.0328. The fourth-order valence-corrected chi connectivity index (χ4v) is 4.54. The standard InChI is InChI=1S/C21H23N3O2S/c1-14-5-10-18-19(12-14)27-21(23-18)24-11-3-4-15(13-24)20(25)22-16-6-8-17(26-2)9-7-16/h5-10,12,15H,3-4,11,13H2,1-2H3,(H,22,25). The van der Waals surface area contributed by atoms with Crippen LogP contribution in [0.4, 0.5) is 10.8 Å². The van der Waals surface area contributed by atoms with Gasteiger partial charge < -0.3 is 15.0 Å². The molecule has 0 spiro atoms. The molecular weight excluding hydrogens is 358 g/mol. The van der Waals surface area contributed by atoms with Crippen LogP contribution in [0.2, 0.25) is 0 Å². The predicted octanol–water partition coefficient (Wildman–Crippen LogP) is 4.47. The van der Waals surface area contributed by atoms with Crippen molar-refractivity contribution in [1.29, 1.82) is 0 Å². The molecule has 6 heteroatoms. The smallest absolute Gasteiger partial charge is 0.229 e. The number of rotatable bonds is 4. The van der Waals surface area contributed by atoms with Crippen molar-refractivity contribution < 1.29 is 9.53 Å². The average Bonchev–Trinajstić information content (AvgIpc) is 3.12. The SMILES string of the molecule is COc1ccc(NC(=O)C2CCCN(c3nc4ccc(C)cc4s3)C2)cc1. The molecule has 5 nitrogen and oxygen atoms in total. The zero-order valence-corrected chi connectivity index (χ0v) is 16.4. The Hall–Kier alpha value is -2.60. The molecule has 1 atom stereocenters. The summed E-state index contributed by atoms with van der Waals surface area (Å²) in [4.78, 5) is 19.8. The van der Waals surface area contributed by atoms with E-state index in [1.54, 1.807) is 18.4 Å². The van der Waals surface area contributed by atoms with E-state index >= 15 is 0 Å². The van der Waals surface area contributed by atoms with Gasteiger partial charge in [-0.1, -0.05) is 17.4 Å². The number of nitrogens with zero attached hydrogens (tertiary/aromatic N) is 2. The van der Waals surface area contributed by atoms with E-state index in [-0.39, 0.29) is 11.8 Å². The molecule has 2 aromatic carbocycles. The third kappa shape index (κ3) is 3.90. The van der Waals surface area contributed by atoms with Crippen LogP contribution in [0, 0.1) is 12.8 Å². The monoisotopic (exact) mass is 381 g/mol. The van der Waals surface area contributed by atoms with Crippen molar-refractivity contribution in [2.45, 2.75) is 19.8 Å². The second-order valence-electron chi connectivity index (χ2n) is 6.97. The van der Waals surface area contributed by atoms with Crippen LogP contribution in [0.3, 0.4) is 0 Å². The second-order valence-corrected chi connectivity index (χ2v) is 7.98. The Labute approximate surface area is 163 Å². The lowest BCUT2D eigenvalue weighted by Gasteiger charge is -2.31. The van der Waals surface area contributed by atoms with Crippen LogP contribution in [-0.4, -0.2) is 31.1 Å². The first-order valence-corrected chi connectivity index (χ1v) is 10.0. The molecule has 4 rings (SSSR count). The summed E-state index contributed by atoms with van der Waals surface area (Å²) in [5.74, 6) is 0.819. The summed E-state index contributed by atoms with van der Waals surface area (Å²) < 4.78 is 6.36. The summed E-state index contributed by atoms with van der Waals surface area (Å²) in [6.45, 7) is 3.76. The highest BCUT2D eigenvalue weighted by Gasteiger charge is 2.27. The number of aryl methyl sites for hydroxylation is 1. The lowest BCUT2D eigenvalue weighted by Crippen LogP contribution is -2.40. The Kier molecular flexibility index (Phi) is 4.99. The summed E-state index contributed by atoms with van der Waals surface area (Å²) in [5.41, 5.74) is 3.08. The summed E-state index contributed by atoms with van der Waals surface area (Å²) in [5, 5.41) is 4.04. The molecule has 1 aliphatic rings. The third-order valence-corrected chi connectivity index (χ3v) is 6.03. The number of aromatic nitrogens is 1. The maximum atomic E-state index is 12.7. The van der Waals surface area contributed by atoms with E-state index in [0.29, 0.717) is 6.54 Å². The molecule has 27 heavy (non-hydrogen) atoms. The fraction of sp³-hybridized carbons (Fsp3) is 0.333. The zero-order chi connectivity index (χ0) is 18.8. The van der Waals surface area contributed by atoms with Gasteiger partial charge in [0.05, 0.1) is 23.2 Å². The lowest BCUT2D eigenvalue weighted by atomic mass is 9.97. The molecule has 1 unspecified atom stereocenters. The summed E-state index contributed by atoms with van der Waals surface area (Å²) in [7, 11) is 1.63. The highest BCUT2D eigenvalue weighted by atomic mass is 32.1. The molecule has 3 aromatic rings. The Balaban J connectivity index is 1.45. The van der Waals surface area contributed by atoms with Gasteiger partial charge in [-0.15, -0.1) is 0 Å². The molecule has 1 aromatic heterocycles. The molecule has 0 saturated carbocycles. The van der Waals surface area contributed by atoms with Crippen LogP contribution in [0.15, 0.2) is 42.5 Å². The number of piperidine rings is 1. The van der Waals surface area contributed by atoms with E-state index in [9.17, 15) is 4.79 Å². The number of carbonyl (C=O) groups is 1. The zero-order valence-electron chi connectivity index (χ0n) is 15.6. The topological polar surface area (TPSA) is 54.5 Å². The van der Waals surface area contributed by atoms with Crippen molar-refractivity contribution in [3.05, 3.63) is 48.0 Å². The minimum absolute atomic E-state index is 0.0328. The van der Waals surface area contributed by atoms with Gasteiger partial charge in [0.2, 0.25) is 5.91 Å². The van der Waals surface area contributed by atoms with E-state index in [0.717, 1.165) is 41.5 Å². The average molecular weight is 382 g/mol. The molecule has 1 N–H and O–H groups in total. The molecule has 0 bridgehead atoms. The quantitative estimate of drug-likeness (QED) is 0.724. The third-order valence-electron chi connectivity index (χ3n) is 4.95. The van der Waals surface area contributed by atoms with Gasteiger partial charge in [-0.3, -0.25) is 4.79 Å². The van der Waals surface area contributed by atoms with E-state index in [2.05, 4.69) is 35.3 Å². The van der Waals surface area contributed by atoms with Crippen molar-refractivity contribution in [2.24, 2.45) is 5.92 Å². The van der Waals surface area contributed by atoms with Crippen molar-refractivity contribution in [3.8, 4) is 5.75 Å². The summed E-state index contributed by atoms with van der Waals surface area (Å²) in [6.07, 6.45) is 1.90. The lowest BCUT2D eigenvalue weighted by molar-refractivity contribution is -0.120. The number of methoxy groups -OCH3 is 1. The van der Waals surface area contributed by atoms with Gasteiger partial charge >= 0.3 is 0 Å². The number of hydrogen-bond acceptors (Lipinski definition) is 5. The van der Waals surface area contributed by atoms with Gasteiger partial charge in [0, 0.05) is 18.8 Å². The maximum Gasteiger partial charge on any atom is 0.229 e. The number of hydrogen-bond donors (Lipinski definition) is 1. The first-order chi connectivity index (χ1) is 13.1. The molecule has 140 valence electrons. The van der Waals surface area contributed by atoms with Gasteiger partial charge in [0.1, 0.15) is 5.75 Å². The summed E-state index contributed by atoms with van der Waals surface area (Å²) in [6, 6.07) is 13.8. The number of fused-ring (bicyclic) bond motifs is 1. The first-order valence-electron chi connectivity index (χ1n) is 9.19. The Morgan fingerprint density at radius 3 is 2.85 bits per heavy atom. The number of thiazole rings is 1. The van der Waals surface area contributed by atoms with Crippen molar-refractivity contribution in [2.75, 3.05) is 30.4 Å². The van der Waals surface area contributed by atoms with Crippen molar-refractivity contribution in [3.63, 3.8) is 0 Å². The second kappa shape index (κ2) is 7.56. The maximum absolute atomic E-state index is 12.7. The number of carbonyl (C=O) groups excluding carboxylic acids is 1. The highest BCUT2D eigenvalue weighted by molar-refractivity contribution is 7.22. The molecule has 2 heterocycles. The van der Waals surface area contributed by atoms with Crippen molar-refractivity contribution >= 4 is 38.3 Å². The van der Waals surface area contributed by atoms with Crippen LogP contribution in [-0.2, 0) is 4.79 Å². The van der Waals surface area contributed by atoms with Crippen LogP contribution in [0.1, 0.15) is 18.4 Å². The van der Waals surface area contributed by atoms with Gasteiger partial charge in [-0.25, -0.2) is 4.98 Å². The Morgan fingerprint density at radius 2 is 2.07 bits per heavy atom. The van der Waals surface area contributed by atoms with E-state index < -0.39 is 0 Å².